The van der Waals surface area contributed by atoms with Crippen LogP contribution in [0.25, 0.3) is 29.0 Å². The molecule has 0 N–H and O–H groups in total. The van der Waals surface area contributed by atoms with E-state index in [1.165, 1.54) is 5.22 Å². The van der Waals surface area contributed by atoms with E-state index in [9.17, 15) is 4.79 Å². The van der Waals surface area contributed by atoms with E-state index in [0.717, 1.165) is 63.1 Å². The molecule has 6 rings (SSSR count). The lowest BCUT2D eigenvalue weighted by molar-refractivity contribution is 0.0780. The lowest BCUT2D eigenvalue weighted by atomic mass is 10.00. The third kappa shape index (κ3) is 3.95. The number of nitrogens with zero attached hydrogens (tertiary/aromatic N) is 5. The van der Waals surface area contributed by atoms with Gasteiger partial charge in [-0.25, -0.2) is 4.68 Å². The summed E-state index contributed by atoms with van der Waals surface area (Å²) in [7, 11) is 0. The van der Waals surface area contributed by atoms with Crippen LogP contribution >= 0.6 is 0 Å². The number of aromatic nitrogens is 4. The smallest absolute Gasteiger partial charge is 0.254 e. The van der Waals surface area contributed by atoms with Crippen molar-refractivity contribution in [3.63, 3.8) is 0 Å². The van der Waals surface area contributed by atoms with E-state index >= 15 is 0 Å². The molecule has 0 spiro atoms. The molecule has 4 aromatic rings. The van der Waals surface area contributed by atoms with Gasteiger partial charge in [0.1, 0.15) is 0 Å². The predicted molar refractivity (Wildman–Crippen MR) is 136 cm³/mol. The van der Waals surface area contributed by atoms with Gasteiger partial charge in [0.2, 0.25) is 0 Å². The SMILES string of the molecule is Cc1cncc(-c2cc3c(nc2CCN2Cc4c(cccc4-n4ccc(C)n4)C2=O)=CCCC=3)c1. The van der Waals surface area contributed by atoms with Crippen LogP contribution in [0.15, 0.2) is 55.0 Å². The predicted octanol–water partition coefficient (Wildman–Crippen LogP) is 3.50. The minimum absolute atomic E-state index is 0.0716. The molecule has 0 bridgehead atoms. The summed E-state index contributed by atoms with van der Waals surface area (Å²) < 4.78 is 1.87. The Kier molecular flexibility index (Phi) is 5.29. The van der Waals surface area contributed by atoms with Gasteiger partial charge in [-0.1, -0.05) is 18.2 Å². The summed E-state index contributed by atoms with van der Waals surface area (Å²) in [5.74, 6) is 0.0716. The zero-order valence-electron chi connectivity index (χ0n) is 20.0. The van der Waals surface area contributed by atoms with Crippen molar-refractivity contribution >= 4 is 18.1 Å². The van der Waals surface area contributed by atoms with Crippen molar-refractivity contribution in [1.29, 1.82) is 0 Å². The van der Waals surface area contributed by atoms with Crippen LogP contribution in [0.2, 0.25) is 0 Å². The van der Waals surface area contributed by atoms with Gasteiger partial charge < -0.3 is 4.90 Å². The van der Waals surface area contributed by atoms with Crippen molar-refractivity contribution in [3.8, 4) is 16.8 Å². The zero-order chi connectivity index (χ0) is 23.9. The highest BCUT2D eigenvalue weighted by atomic mass is 16.2. The number of amides is 1. The fraction of sp³-hybridized carbons (Fsp3) is 0.241. The van der Waals surface area contributed by atoms with Gasteiger partial charge in [-0.2, -0.15) is 5.10 Å². The lowest BCUT2D eigenvalue weighted by Gasteiger charge is -2.17. The first-order valence-electron chi connectivity index (χ1n) is 12.1. The van der Waals surface area contributed by atoms with E-state index in [1.54, 1.807) is 0 Å². The topological polar surface area (TPSA) is 63.9 Å². The average molecular weight is 462 g/mol. The van der Waals surface area contributed by atoms with E-state index < -0.39 is 0 Å². The normalized spacial score (nSPS) is 14.3. The molecule has 3 aromatic heterocycles. The first-order valence-corrected chi connectivity index (χ1v) is 12.1. The second-order valence-corrected chi connectivity index (χ2v) is 9.38. The summed E-state index contributed by atoms with van der Waals surface area (Å²) in [4.78, 5) is 24.7. The van der Waals surface area contributed by atoms with Crippen LogP contribution in [0.3, 0.4) is 0 Å². The second-order valence-electron chi connectivity index (χ2n) is 9.38. The number of benzene rings is 1. The van der Waals surface area contributed by atoms with Gasteiger partial charge in [0.05, 0.1) is 22.4 Å². The van der Waals surface area contributed by atoms with Crippen LogP contribution in [0.5, 0.6) is 0 Å². The summed E-state index contributed by atoms with van der Waals surface area (Å²) in [6.07, 6.45) is 12.9. The molecular formula is C29H27N5O. The first kappa shape index (κ1) is 21.5. The number of pyridine rings is 2. The lowest BCUT2D eigenvalue weighted by Crippen LogP contribution is -2.33. The highest BCUT2D eigenvalue weighted by molar-refractivity contribution is 5.99. The molecule has 0 saturated heterocycles. The standard InChI is InChI=1S/C29H27N5O/c1-19-14-22(17-30-16-19)24-15-21-6-3-4-8-26(21)31-27(24)11-12-33-18-25-23(29(33)35)7-5-9-28(25)34-13-10-20(2)32-34/h5-10,13-17H,3-4,11-12,18H2,1-2H3. The maximum absolute atomic E-state index is 13.3. The monoisotopic (exact) mass is 461 g/mol. The minimum atomic E-state index is 0.0716. The molecular weight excluding hydrogens is 434 g/mol. The largest absolute Gasteiger partial charge is 0.334 e. The van der Waals surface area contributed by atoms with Crippen molar-refractivity contribution < 1.29 is 4.79 Å². The van der Waals surface area contributed by atoms with E-state index in [2.05, 4.69) is 41.3 Å². The van der Waals surface area contributed by atoms with E-state index in [0.29, 0.717) is 19.5 Å². The van der Waals surface area contributed by atoms with Crippen LogP contribution < -0.4 is 10.6 Å². The highest BCUT2D eigenvalue weighted by Crippen LogP contribution is 2.29. The average Bonchev–Trinajstić information content (AvgIpc) is 3.45. The summed E-state index contributed by atoms with van der Waals surface area (Å²) in [5.41, 5.74) is 8.02. The first-order chi connectivity index (χ1) is 17.1. The number of carbonyl (C=O) groups is 1. The van der Waals surface area contributed by atoms with E-state index in [4.69, 9.17) is 4.98 Å². The van der Waals surface area contributed by atoms with Gasteiger partial charge in [0.25, 0.3) is 5.91 Å². The number of aryl methyl sites for hydroxylation is 2. The molecule has 6 heteroatoms. The Morgan fingerprint density at radius 3 is 2.71 bits per heavy atom. The maximum atomic E-state index is 13.3. The molecule has 4 heterocycles. The Morgan fingerprint density at radius 1 is 1.00 bits per heavy atom. The van der Waals surface area contributed by atoms with E-state index in [-0.39, 0.29) is 5.91 Å². The summed E-state index contributed by atoms with van der Waals surface area (Å²) in [5, 5.41) is 6.79. The minimum Gasteiger partial charge on any atom is -0.334 e. The Balaban J connectivity index is 1.32. The fourth-order valence-corrected chi connectivity index (χ4v) is 5.07. The molecule has 0 saturated carbocycles. The van der Waals surface area contributed by atoms with E-state index in [1.807, 2.05) is 59.4 Å². The molecule has 1 aliphatic carbocycles. The molecule has 0 atom stereocenters. The van der Waals surface area contributed by atoms with Gasteiger partial charge in [-0.3, -0.25) is 14.8 Å². The van der Waals surface area contributed by atoms with Crippen LogP contribution in [0.1, 0.15) is 45.7 Å². The van der Waals surface area contributed by atoms with Gasteiger partial charge in [-0.05, 0) is 67.8 Å². The third-order valence-corrected chi connectivity index (χ3v) is 6.82. The van der Waals surface area contributed by atoms with Crippen molar-refractivity contribution in [1.82, 2.24) is 24.6 Å². The molecule has 0 fully saturated rings. The molecule has 0 radical (unpaired) electrons. The quantitative estimate of drug-likeness (QED) is 0.456. The van der Waals surface area contributed by atoms with Crippen molar-refractivity contribution in [2.45, 2.75) is 39.7 Å². The van der Waals surface area contributed by atoms with Crippen molar-refractivity contribution in [2.24, 2.45) is 0 Å². The van der Waals surface area contributed by atoms with Crippen LogP contribution in [0.4, 0.5) is 0 Å². The van der Waals surface area contributed by atoms with Crippen molar-refractivity contribution in [2.75, 3.05) is 6.54 Å². The zero-order valence-corrected chi connectivity index (χ0v) is 20.0. The third-order valence-electron chi connectivity index (χ3n) is 6.82. The van der Waals surface area contributed by atoms with Gasteiger partial charge in [0, 0.05) is 60.4 Å². The van der Waals surface area contributed by atoms with Gasteiger partial charge in [0.15, 0.2) is 0 Å². The molecule has 1 aromatic carbocycles. The molecule has 1 amide bonds. The summed E-state index contributed by atoms with van der Waals surface area (Å²) in [6, 6.07) is 12.3. The molecule has 174 valence electrons. The Hall–Kier alpha value is -4.06. The Bertz CT molecular complexity index is 1580. The van der Waals surface area contributed by atoms with Crippen LogP contribution in [-0.2, 0) is 13.0 Å². The Morgan fingerprint density at radius 2 is 1.89 bits per heavy atom. The molecule has 0 unspecified atom stereocenters. The number of hydrogen-bond donors (Lipinski definition) is 0. The number of carbonyl (C=O) groups excluding carboxylic acids is 1. The number of hydrogen-bond acceptors (Lipinski definition) is 4. The second kappa shape index (κ2) is 8.62. The molecule has 35 heavy (non-hydrogen) atoms. The molecule has 2 aliphatic rings. The summed E-state index contributed by atoms with van der Waals surface area (Å²) in [6.45, 7) is 5.21. The molecule has 6 nitrogen and oxygen atoms in total. The van der Waals surface area contributed by atoms with Crippen LogP contribution in [0, 0.1) is 13.8 Å². The fourth-order valence-electron chi connectivity index (χ4n) is 5.07. The molecule has 1 aliphatic heterocycles. The number of rotatable bonds is 5. The summed E-state index contributed by atoms with van der Waals surface area (Å²) >= 11 is 0. The van der Waals surface area contributed by atoms with Crippen molar-refractivity contribution in [3.05, 3.63) is 93.6 Å². The Labute approximate surface area is 204 Å². The van der Waals surface area contributed by atoms with Gasteiger partial charge in [-0.15, -0.1) is 0 Å². The maximum Gasteiger partial charge on any atom is 0.254 e. The number of fused-ring (bicyclic) bond motifs is 2. The van der Waals surface area contributed by atoms with Gasteiger partial charge >= 0.3 is 0 Å². The van der Waals surface area contributed by atoms with Crippen LogP contribution in [-0.4, -0.2) is 37.1 Å². The highest BCUT2D eigenvalue weighted by Gasteiger charge is 2.30.